The quantitative estimate of drug-likeness (QED) is 0.267. The second-order valence-corrected chi connectivity index (χ2v) is 11.2. The van der Waals surface area contributed by atoms with Gasteiger partial charge in [-0.25, -0.2) is 14.4 Å². The summed E-state index contributed by atoms with van der Waals surface area (Å²) in [5.41, 5.74) is 5.96. The van der Waals surface area contributed by atoms with Crippen molar-refractivity contribution in [3.8, 4) is 22.7 Å². The number of aromatic nitrogens is 3. The third-order valence-electron chi connectivity index (χ3n) is 7.25. The van der Waals surface area contributed by atoms with E-state index in [1.807, 2.05) is 80.0 Å². The Morgan fingerprint density at radius 3 is 2.52 bits per heavy atom. The summed E-state index contributed by atoms with van der Waals surface area (Å²) in [6, 6.07) is 23.4. The first kappa shape index (κ1) is 27.2. The van der Waals surface area contributed by atoms with Crippen LogP contribution >= 0.6 is 11.3 Å². The van der Waals surface area contributed by atoms with Gasteiger partial charge >= 0.3 is 0 Å². The molecule has 1 aliphatic heterocycles. The topological polar surface area (TPSA) is 94.9 Å². The van der Waals surface area contributed by atoms with Gasteiger partial charge in [0.2, 0.25) is 4.80 Å². The number of rotatable bonds is 6. The lowest BCUT2D eigenvalue weighted by molar-refractivity contribution is -0.118. The van der Waals surface area contributed by atoms with E-state index in [1.165, 1.54) is 16.9 Å². The highest BCUT2D eigenvalue weighted by molar-refractivity contribution is 7.07. The van der Waals surface area contributed by atoms with Crippen LogP contribution in [0, 0.1) is 6.92 Å². The van der Waals surface area contributed by atoms with Gasteiger partial charge in [0.1, 0.15) is 5.75 Å². The molecule has 9 nitrogen and oxygen atoms in total. The monoisotopic (exact) mass is 578 g/mol. The highest BCUT2D eigenvalue weighted by Gasteiger charge is 2.19. The molecule has 2 aromatic heterocycles. The van der Waals surface area contributed by atoms with E-state index in [-0.39, 0.29) is 18.1 Å². The van der Waals surface area contributed by atoms with Gasteiger partial charge in [-0.1, -0.05) is 56.3 Å². The molecule has 42 heavy (non-hydrogen) atoms. The molecule has 0 fully saturated rings. The van der Waals surface area contributed by atoms with Crippen LogP contribution in [-0.4, -0.2) is 32.8 Å². The molecule has 0 saturated heterocycles. The number of fused-ring (bicyclic) bond motifs is 1. The van der Waals surface area contributed by atoms with E-state index < -0.39 is 0 Å². The number of benzene rings is 3. The summed E-state index contributed by atoms with van der Waals surface area (Å²) >= 11 is 1.38. The first-order valence-corrected chi connectivity index (χ1v) is 14.5. The fourth-order valence-electron chi connectivity index (χ4n) is 4.80. The molecule has 0 bridgehead atoms. The van der Waals surface area contributed by atoms with Gasteiger partial charge in [-0.15, -0.1) is 11.3 Å². The Kier molecular flexibility index (Phi) is 7.22. The van der Waals surface area contributed by atoms with Crippen LogP contribution in [0.1, 0.15) is 36.6 Å². The molecular weight excluding hydrogens is 548 g/mol. The largest absolute Gasteiger partial charge is 0.482 e. The predicted molar refractivity (Wildman–Crippen MR) is 166 cm³/mol. The van der Waals surface area contributed by atoms with Crippen LogP contribution in [0.5, 0.6) is 5.75 Å². The fourth-order valence-corrected chi connectivity index (χ4v) is 5.64. The standard InChI is InChI=1S/C32H30N6O3S/c1-20(2)23-12-10-22(11-13-23)17-33-37-27(24-14-15-28-26(16-24)34-29(39)18-41-28)19-42-32(37)35-30-21(3)36(4)38(31(30)40)25-8-6-5-7-9-25/h5-17,19-20H,18H2,1-4H3,(H,34,39). The number of amides is 1. The summed E-state index contributed by atoms with van der Waals surface area (Å²) < 4.78 is 10.7. The summed E-state index contributed by atoms with van der Waals surface area (Å²) in [6.07, 6.45) is 1.78. The van der Waals surface area contributed by atoms with Gasteiger partial charge in [-0.2, -0.15) is 5.10 Å². The van der Waals surface area contributed by atoms with Crippen molar-refractivity contribution < 1.29 is 9.53 Å². The van der Waals surface area contributed by atoms with Crippen molar-refractivity contribution in [2.24, 2.45) is 17.1 Å². The Bertz CT molecular complexity index is 1940. The Balaban J connectivity index is 1.50. The van der Waals surface area contributed by atoms with Crippen molar-refractivity contribution in [2.75, 3.05) is 11.9 Å². The van der Waals surface area contributed by atoms with Crippen molar-refractivity contribution in [1.82, 2.24) is 14.0 Å². The molecule has 3 heterocycles. The first-order valence-electron chi connectivity index (χ1n) is 13.6. The average Bonchev–Trinajstić information content (AvgIpc) is 3.49. The summed E-state index contributed by atoms with van der Waals surface area (Å²) in [5, 5.41) is 9.64. The zero-order chi connectivity index (χ0) is 29.4. The smallest absolute Gasteiger partial charge is 0.297 e. The van der Waals surface area contributed by atoms with Crippen LogP contribution in [0.25, 0.3) is 16.9 Å². The molecule has 0 saturated carbocycles. The molecule has 3 aromatic carbocycles. The summed E-state index contributed by atoms with van der Waals surface area (Å²) in [5.74, 6) is 0.840. The first-order chi connectivity index (χ1) is 20.3. The number of nitrogens with one attached hydrogen (secondary N) is 1. The summed E-state index contributed by atoms with van der Waals surface area (Å²) in [7, 11) is 1.85. The van der Waals surface area contributed by atoms with E-state index in [0.717, 1.165) is 28.2 Å². The van der Waals surface area contributed by atoms with E-state index >= 15 is 0 Å². The molecule has 1 aliphatic rings. The molecule has 0 aliphatic carbocycles. The number of para-hydroxylation sites is 1. The predicted octanol–water partition coefficient (Wildman–Crippen LogP) is 5.58. The molecular formula is C32H30N6O3S. The molecule has 0 unspecified atom stereocenters. The van der Waals surface area contributed by atoms with Gasteiger partial charge in [-0.05, 0) is 54.3 Å². The molecule has 1 amide bonds. The summed E-state index contributed by atoms with van der Waals surface area (Å²) in [6.45, 7) is 6.19. The van der Waals surface area contributed by atoms with Crippen LogP contribution in [0.4, 0.5) is 11.4 Å². The number of hydrogen-bond donors (Lipinski definition) is 1. The Hall–Kier alpha value is -4.96. The third-order valence-corrected chi connectivity index (χ3v) is 8.07. The Morgan fingerprint density at radius 2 is 1.79 bits per heavy atom. The minimum absolute atomic E-state index is 0.00927. The van der Waals surface area contributed by atoms with Crippen LogP contribution in [-0.2, 0) is 11.8 Å². The van der Waals surface area contributed by atoms with Crippen molar-refractivity contribution in [3.63, 3.8) is 0 Å². The van der Waals surface area contributed by atoms with Gasteiger partial charge in [-0.3, -0.25) is 14.3 Å². The van der Waals surface area contributed by atoms with E-state index in [0.29, 0.717) is 27.8 Å². The number of carbonyl (C=O) groups is 1. The number of thiazole rings is 1. The van der Waals surface area contributed by atoms with Crippen molar-refractivity contribution in [3.05, 3.63) is 110 Å². The van der Waals surface area contributed by atoms with Gasteiger partial charge in [0, 0.05) is 18.0 Å². The van der Waals surface area contributed by atoms with Crippen molar-refractivity contribution in [1.29, 1.82) is 0 Å². The fraction of sp³-hybridized carbons (Fsp3) is 0.188. The lowest BCUT2D eigenvalue weighted by atomic mass is 10.0. The second-order valence-electron chi connectivity index (χ2n) is 10.4. The molecule has 6 rings (SSSR count). The van der Waals surface area contributed by atoms with Crippen LogP contribution < -0.4 is 20.4 Å². The third kappa shape index (κ3) is 5.12. The Morgan fingerprint density at radius 1 is 1.02 bits per heavy atom. The van der Waals surface area contributed by atoms with Gasteiger partial charge in [0.25, 0.3) is 11.5 Å². The number of carbonyl (C=O) groups excluding carboxylic acids is 1. The van der Waals surface area contributed by atoms with E-state index in [2.05, 4.69) is 31.3 Å². The van der Waals surface area contributed by atoms with Crippen LogP contribution in [0.15, 0.2) is 93.1 Å². The number of ether oxygens (including phenoxy) is 1. The molecule has 0 radical (unpaired) electrons. The molecule has 212 valence electrons. The highest BCUT2D eigenvalue weighted by atomic mass is 32.1. The SMILES string of the molecule is Cc1c(N=c2scc(-c3ccc4c(c3)NC(=O)CO4)n2N=Cc2ccc(C(C)C)cc2)c(=O)n(-c2ccccc2)n1C. The van der Waals surface area contributed by atoms with Crippen LogP contribution in [0.3, 0.4) is 0 Å². The minimum atomic E-state index is -0.218. The van der Waals surface area contributed by atoms with Crippen molar-refractivity contribution in [2.45, 2.75) is 26.7 Å². The lowest BCUT2D eigenvalue weighted by Crippen LogP contribution is -2.25. The van der Waals surface area contributed by atoms with Crippen molar-refractivity contribution >= 4 is 34.8 Å². The van der Waals surface area contributed by atoms with E-state index in [9.17, 15) is 9.59 Å². The van der Waals surface area contributed by atoms with Gasteiger partial charge < -0.3 is 10.1 Å². The average molecular weight is 579 g/mol. The molecule has 5 aromatic rings. The molecule has 1 N–H and O–H groups in total. The normalized spacial score (nSPS) is 13.5. The van der Waals surface area contributed by atoms with E-state index in [4.69, 9.17) is 14.8 Å². The molecule has 10 heteroatoms. The highest BCUT2D eigenvalue weighted by Crippen LogP contribution is 2.33. The number of hydrogen-bond acceptors (Lipinski definition) is 6. The maximum atomic E-state index is 13.6. The maximum absolute atomic E-state index is 13.6. The molecule has 0 spiro atoms. The summed E-state index contributed by atoms with van der Waals surface area (Å²) in [4.78, 5) is 31.0. The van der Waals surface area contributed by atoms with Crippen LogP contribution in [0.2, 0.25) is 0 Å². The minimum Gasteiger partial charge on any atom is -0.482 e. The maximum Gasteiger partial charge on any atom is 0.297 e. The van der Waals surface area contributed by atoms with E-state index in [1.54, 1.807) is 20.3 Å². The van der Waals surface area contributed by atoms with Gasteiger partial charge in [0.15, 0.2) is 12.3 Å². The number of anilines is 1. The van der Waals surface area contributed by atoms with Gasteiger partial charge in [0.05, 0.1) is 29.0 Å². The number of nitrogens with zero attached hydrogens (tertiary/aromatic N) is 5. The molecule has 0 atom stereocenters. The Labute approximate surface area is 246 Å². The zero-order valence-corrected chi connectivity index (χ0v) is 24.6. The lowest BCUT2D eigenvalue weighted by Gasteiger charge is -2.18. The zero-order valence-electron chi connectivity index (χ0n) is 23.7. The second kappa shape index (κ2) is 11.1.